The first-order chi connectivity index (χ1) is 13.7. The van der Waals surface area contributed by atoms with Crippen LogP contribution in [0.25, 0.3) is 6.08 Å². The van der Waals surface area contributed by atoms with Gasteiger partial charge in [-0.3, -0.25) is 9.89 Å². The van der Waals surface area contributed by atoms with E-state index >= 15 is 0 Å². The zero-order valence-corrected chi connectivity index (χ0v) is 21.6. The molecule has 1 aliphatic heterocycles. The van der Waals surface area contributed by atoms with E-state index in [0.717, 1.165) is 45.2 Å². The Balaban J connectivity index is 0.00000450. The number of sulfonamides is 1. The minimum atomic E-state index is -3.27. The first kappa shape index (κ1) is 26.9. The van der Waals surface area contributed by atoms with Crippen molar-refractivity contribution < 1.29 is 8.42 Å². The predicted octanol–water partition coefficient (Wildman–Crippen LogP) is 2.23. The van der Waals surface area contributed by atoms with E-state index in [2.05, 4.69) is 44.1 Å². The third kappa shape index (κ3) is 10.2. The maximum Gasteiger partial charge on any atom is 0.209 e. The summed E-state index contributed by atoms with van der Waals surface area (Å²) in [6.45, 7) is 11.5. The van der Waals surface area contributed by atoms with Crippen LogP contribution in [0, 0.1) is 0 Å². The Morgan fingerprint density at radius 1 is 1.17 bits per heavy atom. The average Bonchev–Trinajstić information content (AvgIpc) is 2.65. The van der Waals surface area contributed by atoms with Gasteiger partial charge >= 0.3 is 0 Å². The second kappa shape index (κ2) is 12.6. The molecular weight excluding hydrogens is 513 g/mol. The Kier molecular flexibility index (Phi) is 11.3. The van der Waals surface area contributed by atoms with Crippen molar-refractivity contribution in [3.8, 4) is 0 Å². The molecule has 0 spiro atoms. The maximum atomic E-state index is 11.5. The van der Waals surface area contributed by atoms with Crippen LogP contribution in [0.4, 0.5) is 0 Å². The fourth-order valence-corrected chi connectivity index (χ4v) is 4.35. The highest BCUT2D eigenvalue weighted by molar-refractivity contribution is 14.0. The molecule has 9 heteroatoms. The van der Waals surface area contributed by atoms with E-state index < -0.39 is 15.6 Å². The van der Waals surface area contributed by atoms with Gasteiger partial charge in [-0.05, 0) is 26.3 Å². The van der Waals surface area contributed by atoms with Crippen LogP contribution in [0.2, 0.25) is 0 Å². The van der Waals surface area contributed by atoms with Gasteiger partial charge in [0.2, 0.25) is 10.0 Å². The second-order valence-corrected chi connectivity index (χ2v) is 9.78. The summed E-state index contributed by atoms with van der Waals surface area (Å²) in [5, 5.41) is 3.33. The molecule has 0 atom stereocenters. The number of halogens is 1. The number of nitrogens with one attached hydrogen (secondary N) is 2. The number of rotatable bonds is 8. The molecule has 0 saturated carbocycles. The van der Waals surface area contributed by atoms with Gasteiger partial charge in [-0.2, -0.15) is 0 Å². The molecule has 0 bridgehead atoms. The highest BCUT2D eigenvalue weighted by Gasteiger charge is 2.24. The van der Waals surface area contributed by atoms with Crippen LogP contribution in [0.15, 0.2) is 41.4 Å². The van der Waals surface area contributed by atoms with E-state index in [4.69, 9.17) is 4.99 Å². The lowest BCUT2D eigenvalue weighted by Gasteiger charge is -2.36. The van der Waals surface area contributed by atoms with Crippen molar-refractivity contribution in [2.75, 3.05) is 52.1 Å². The van der Waals surface area contributed by atoms with E-state index in [1.165, 1.54) is 11.8 Å². The average molecular weight is 550 g/mol. The van der Waals surface area contributed by atoms with Crippen LogP contribution >= 0.6 is 24.0 Å². The molecule has 0 aliphatic carbocycles. The largest absolute Gasteiger partial charge is 0.357 e. The van der Waals surface area contributed by atoms with Crippen LogP contribution in [-0.4, -0.2) is 81.8 Å². The van der Waals surface area contributed by atoms with Crippen LogP contribution in [0.3, 0.4) is 0 Å². The monoisotopic (exact) mass is 549 g/mol. The molecule has 7 nitrogen and oxygen atoms in total. The van der Waals surface area contributed by atoms with E-state index in [1.807, 2.05) is 39.0 Å². The fraction of sp³-hybridized carbons (Fsp3) is 0.571. The highest BCUT2D eigenvalue weighted by Crippen LogP contribution is 2.08. The molecule has 2 rings (SSSR count). The van der Waals surface area contributed by atoms with Gasteiger partial charge in [0.1, 0.15) is 0 Å². The van der Waals surface area contributed by atoms with Gasteiger partial charge in [0.15, 0.2) is 5.96 Å². The Morgan fingerprint density at radius 2 is 1.80 bits per heavy atom. The highest BCUT2D eigenvalue weighted by atomic mass is 127. The summed E-state index contributed by atoms with van der Waals surface area (Å²) in [5.74, 6) is 0.843. The summed E-state index contributed by atoms with van der Waals surface area (Å²) >= 11 is 0. The van der Waals surface area contributed by atoms with Crippen LogP contribution in [0.1, 0.15) is 26.3 Å². The second-order valence-electron chi connectivity index (χ2n) is 8.03. The Hall–Kier alpha value is -1.17. The predicted molar refractivity (Wildman–Crippen MR) is 137 cm³/mol. The summed E-state index contributed by atoms with van der Waals surface area (Å²) in [4.78, 5) is 9.36. The Bertz CT molecular complexity index is 789. The molecule has 0 aromatic heterocycles. The number of hydrogen-bond acceptors (Lipinski definition) is 4. The van der Waals surface area contributed by atoms with E-state index in [9.17, 15) is 8.42 Å². The lowest BCUT2D eigenvalue weighted by molar-refractivity contribution is 0.194. The number of hydrogen-bond donors (Lipinski definition) is 2. The number of aliphatic imine (C=N–C) groups is 1. The molecule has 1 aliphatic rings. The van der Waals surface area contributed by atoms with Gasteiger partial charge in [0.25, 0.3) is 0 Å². The van der Waals surface area contributed by atoms with Crippen molar-refractivity contribution in [2.45, 2.75) is 26.3 Å². The van der Waals surface area contributed by atoms with Crippen molar-refractivity contribution in [3.63, 3.8) is 0 Å². The summed E-state index contributed by atoms with van der Waals surface area (Å²) < 4.78 is 25.7. The van der Waals surface area contributed by atoms with Gasteiger partial charge < -0.3 is 10.2 Å². The quantitative estimate of drug-likeness (QED) is 0.296. The van der Waals surface area contributed by atoms with Gasteiger partial charge in [-0.1, -0.05) is 42.5 Å². The van der Waals surface area contributed by atoms with Gasteiger partial charge in [-0.15, -0.1) is 24.0 Å². The summed E-state index contributed by atoms with van der Waals surface area (Å²) in [6.07, 6.45) is 5.55. The molecule has 170 valence electrons. The van der Waals surface area contributed by atoms with Crippen molar-refractivity contribution in [1.29, 1.82) is 0 Å². The normalized spacial score (nSPS) is 16.5. The molecule has 1 heterocycles. The SMILES string of the molecule is CCNC(=NCC(C)(C)NS(C)(=O)=O)N1CCN(C/C=C/c2ccccc2)CC1.I. The number of nitrogens with zero attached hydrogens (tertiary/aromatic N) is 3. The van der Waals surface area contributed by atoms with E-state index in [0.29, 0.717) is 6.54 Å². The minimum absolute atomic E-state index is 0. The van der Waals surface area contributed by atoms with Crippen LogP contribution in [-0.2, 0) is 10.0 Å². The first-order valence-corrected chi connectivity index (χ1v) is 12.0. The van der Waals surface area contributed by atoms with E-state index in [-0.39, 0.29) is 24.0 Å². The molecule has 1 aromatic rings. The zero-order valence-electron chi connectivity index (χ0n) is 18.5. The molecule has 0 radical (unpaired) electrons. The fourth-order valence-electron chi connectivity index (χ4n) is 3.28. The molecule has 0 amide bonds. The summed E-state index contributed by atoms with van der Waals surface area (Å²) in [5.41, 5.74) is 0.594. The smallest absolute Gasteiger partial charge is 0.209 e. The standard InChI is InChI=1S/C21H35N5O2S.HI/c1-5-22-20(23-18-21(2,3)24-29(4,27)28)26-16-14-25(15-17-26)13-9-12-19-10-7-6-8-11-19;/h6-12,24H,5,13-18H2,1-4H3,(H,22,23);1H/b12-9+;. The molecule has 0 unspecified atom stereocenters. The summed E-state index contributed by atoms with van der Waals surface area (Å²) in [7, 11) is -3.27. The lowest BCUT2D eigenvalue weighted by atomic mass is 10.1. The molecular formula is C21H36IN5O2S. The first-order valence-electron chi connectivity index (χ1n) is 10.1. The number of benzene rings is 1. The van der Waals surface area contributed by atoms with Crippen LogP contribution < -0.4 is 10.0 Å². The maximum absolute atomic E-state index is 11.5. The molecule has 30 heavy (non-hydrogen) atoms. The van der Waals surface area contributed by atoms with Gasteiger partial charge in [0.05, 0.1) is 12.8 Å². The molecule has 1 aromatic carbocycles. The van der Waals surface area contributed by atoms with Crippen molar-refractivity contribution in [3.05, 3.63) is 42.0 Å². The van der Waals surface area contributed by atoms with Crippen molar-refractivity contribution in [1.82, 2.24) is 19.8 Å². The molecule has 1 saturated heterocycles. The minimum Gasteiger partial charge on any atom is -0.357 e. The van der Waals surface area contributed by atoms with Crippen molar-refractivity contribution in [2.24, 2.45) is 4.99 Å². The molecule has 1 fully saturated rings. The van der Waals surface area contributed by atoms with Gasteiger partial charge in [-0.25, -0.2) is 13.1 Å². The molecule has 2 N–H and O–H groups in total. The van der Waals surface area contributed by atoms with Crippen molar-refractivity contribution >= 4 is 46.0 Å². The van der Waals surface area contributed by atoms with E-state index in [1.54, 1.807) is 0 Å². The zero-order chi connectivity index (χ0) is 21.3. The third-order valence-corrected chi connectivity index (χ3v) is 5.49. The Labute approximate surface area is 199 Å². The topological polar surface area (TPSA) is 77.0 Å². The van der Waals surface area contributed by atoms with Crippen LogP contribution in [0.5, 0.6) is 0 Å². The number of guanidine groups is 1. The third-order valence-electron chi connectivity index (χ3n) is 4.57. The number of piperazine rings is 1. The Morgan fingerprint density at radius 3 is 2.37 bits per heavy atom. The lowest BCUT2D eigenvalue weighted by Crippen LogP contribution is -2.53. The van der Waals surface area contributed by atoms with Gasteiger partial charge in [0, 0.05) is 44.8 Å². The summed E-state index contributed by atoms with van der Waals surface area (Å²) in [6, 6.07) is 10.3.